The number of aliphatic hydroxyl groups is 1. The molecule has 1 aliphatic heterocycles. The number of benzene rings is 1. The summed E-state index contributed by atoms with van der Waals surface area (Å²) in [5.74, 6) is 0.878. The fourth-order valence-corrected chi connectivity index (χ4v) is 2.70. The van der Waals surface area contributed by atoms with E-state index in [4.69, 9.17) is 9.47 Å². The average molecular weight is 334 g/mol. The predicted octanol–water partition coefficient (Wildman–Crippen LogP) is 2.16. The van der Waals surface area contributed by atoms with Crippen LogP contribution in [0.25, 0.3) is 0 Å². The molecule has 1 heterocycles. The number of nitrogens with zero attached hydrogens (tertiary/aromatic N) is 2. The van der Waals surface area contributed by atoms with Crippen LogP contribution in [0.3, 0.4) is 0 Å². The summed E-state index contributed by atoms with van der Waals surface area (Å²) in [5, 5.41) is 10.2. The Labute approximate surface area is 145 Å². The Balaban J connectivity index is 1.74. The standard InChI is InChI=1S/C19H30N2O3/c1-5-19(2,3)24-15-17(22)14-20-10-12-21(13-11-20)16-6-8-18(23-4)9-7-16/h5-9,17,22H,1,10-15H2,2-4H3. The van der Waals surface area contributed by atoms with E-state index in [0.717, 1.165) is 31.9 Å². The minimum absolute atomic E-state index is 0.331. The third kappa shape index (κ3) is 5.51. The van der Waals surface area contributed by atoms with Crippen molar-refractivity contribution in [2.45, 2.75) is 25.6 Å². The third-order valence-corrected chi connectivity index (χ3v) is 4.42. The van der Waals surface area contributed by atoms with Crippen molar-refractivity contribution in [3.63, 3.8) is 0 Å². The lowest BCUT2D eigenvalue weighted by molar-refractivity contribution is -0.0420. The van der Waals surface area contributed by atoms with Crippen LogP contribution in [-0.2, 0) is 4.74 Å². The van der Waals surface area contributed by atoms with E-state index in [1.807, 2.05) is 26.0 Å². The number of piperazine rings is 1. The fourth-order valence-electron chi connectivity index (χ4n) is 2.70. The normalized spacial score (nSPS) is 17.6. The Bertz CT molecular complexity index is 508. The van der Waals surface area contributed by atoms with Gasteiger partial charge in [-0.2, -0.15) is 0 Å². The molecule has 1 N–H and O–H groups in total. The van der Waals surface area contributed by atoms with Crippen LogP contribution in [-0.4, -0.2) is 68.2 Å². The van der Waals surface area contributed by atoms with Gasteiger partial charge in [-0.3, -0.25) is 4.90 Å². The summed E-state index contributed by atoms with van der Waals surface area (Å²) in [4.78, 5) is 4.65. The minimum atomic E-state index is -0.475. The van der Waals surface area contributed by atoms with Crippen molar-refractivity contribution in [3.05, 3.63) is 36.9 Å². The zero-order chi connectivity index (χ0) is 17.6. The smallest absolute Gasteiger partial charge is 0.119 e. The predicted molar refractivity (Wildman–Crippen MR) is 97.9 cm³/mol. The second kappa shape index (κ2) is 8.51. The van der Waals surface area contributed by atoms with Crippen molar-refractivity contribution in [2.75, 3.05) is 51.3 Å². The molecule has 1 atom stereocenters. The molecule has 1 fully saturated rings. The quantitative estimate of drug-likeness (QED) is 0.738. The van der Waals surface area contributed by atoms with Crippen LogP contribution in [0.2, 0.25) is 0 Å². The van der Waals surface area contributed by atoms with Gasteiger partial charge in [-0.1, -0.05) is 6.08 Å². The van der Waals surface area contributed by atoms with E-state index in [1.165, 1.54) is 5.69 Å². The van der Waals surface area contributed by atoms with Gasteiger partial charge >= 0.3 is 0 Å². The Kier molecular flexibility index (Phi) is 6.66. The maximum atomic E-state index is 10.2. The van der Waals surface area contributed by atoms with Gasteiger partial charge in [-0.15, -0.1) is 6.58 Å². The Morgan fingerprint density at radius 3 is 2.38 bits per heavy atom. The van der Waals surface area contributed by atoms with Crippen LogP contribution < -0.4 is 9.64 Å². The molecule has 0 aliphatic carbocycles. The molecule has 2 rings (SSSR count). The van der Waals surface area contributed by atoms with Crippen LogP contribution in [0.5, 0.6) is 5.75 Å². The van der Waals surface area contributed by atoms with Gasteiger partial charge in [-0.05, 0) is 38.1 Å². The molecule has 1 saturated heterocycles. The number of methoxy groups -OCH3 is 1. The monoisotopic (exact) mass is 334 g/mol. The van der Waals surface area contributed by atoms with E-state index in [1.54, 1.807) is 13.2 Å². The van der Waals surface area contributed by atoms with Gasteiger partial charge in [0.1, 0.15) is 5.75 Å². The first-order valence-corrected chi connectivity index (χ1v) is 8.50. The lowest BCUT2D eigenvalue weighted by atomic mass is 10.1. The van der Waals surface area contributed by atoms with Gasteiger partial charge in [0.2, 0.25) is 0 Å². The summed E-state index contributed by atoms with van der Waals surface area (Å²) in [7, 11) is 1.68. The molecule has 1 aromatic rings. The molecule has 1 aliphatic rings. The van der Waals surface area contributed by atoms with Crippen molar-refractivity contribution in [1.29, 1.82) is 0 Å². The van der Waals surface area contributed by atoms with Crippen LogP contribution in [0.4, 0.5) is 5.69 Å². The molecular formula is C19H30N2O3. The highest BCUT2D eigenvalue weighted by Gasteiger charge is 2.21. The molecule has 5 nitrogen and oxygen atoms in total. The van der Waals surface area contributed by atoms with Crippen molar-refractivity contribution < 1.29 is 14.6 Å². The summed E-state index contributed by atoms with van der Waals surface area (Å²) in [6.07, 6.45) is 1.28. The van der Waals surface area contributed by atoms with Crippen molar-refractivity contribution in [2.24, 2.45) is 0 Å². The van der Waals surface area contributed by atoms with Gasteiger partial charge in [0.15, 0.2) is 0 Å². The van der Waals surface area contributed by atoms with E-state index >= 15 is 0 Å². The molecule has 0 saturated carbocycles. The first-order chi connectivity index (χ1) is 11.4. The molecule has 0 amide bonds. The van der Waals surface area contributed by atoms with Crippen LogP contribution in [0.1, 0.15) is 13.8 Å². The molecule has 1 aromatic carbocycles. The Morgan fingerprint density at radius 2 is 1.83 bits per heavy atom. The van der Waals surface area contributed by atoms with Crippen molar-refractivity contribution in [3.8, 4) is 5.75 Å². The van der Waals surface area contributed by atoms with Crippen LogP contribution >= 0.6 is 0 Å². The molecule has 0 bridgehead atoms. The van der Waals surface area contributed by atoms with E-state index in [0.29, 0.717) is 13.2 Å². The molecule has 1 unspecified atom stereocenters. The van der Waals surface area contributed by atoms with Gasteiger partial charge in [0.25, 0.3) is 0 Å². The molecule has 0 spiro atoms. The number of hydrogen-bond donors (Lipinski definition) is 1. The number of aliphatic hydroxyl groups excluding tert-OH is 1. The highest BCUT2D eigenvalue weighted by Crippen LogP contribution is 2.20. The number of ether oxygens (including phenoxy) is 2. The molecular weight excluding hydrogens is 304 g/mol. The molecule has 0 radical (unpaired) electrons. The number of anilines is 1. The van der Waals surface area contributed by atoms with E-state index in [9.17, 15) is 5.11 Å². The van der Waals surface area contributed by atoms with E-state index in [-0.39, 0.29) is 0 Å². The Morgan fingerprint density at radius 1 is 1.21 bits per heavy atom. The SMILES string of the molecule is C=CC(C)(C)OCC(O)CN1CCN(c2ccc(OC)cc2)CC1. The molecule has 0 aromatic heterocycles. The van der Waals surface area contributed by atoms with Gasteiger partial charge < -0.3 is 19.5 Å². The second-order valence-electron chi connectivity index (χ2n) is 6.76. The van der Waals surface area contributed by atoms with E-state index in [2.05, 4.69) is 28.5 Å². The minimum Gasteiger partial charge on any atom is -0.497 e. The molecule has 24 heavy (non-hydrogen) atoms. The van der Waals surface area contributed by atoms with Gasteiger partial charge in [-0.25, -0.2) is 0 Å². The third-order valence-electron chi connectivity index (χ3n) is 4.42. The van der Waals surface area contributed by atoms with Crippen molar-refractivity contribution >= 4 is 5.69 Å². The summed E-state index contributed by atoms with van der Waals surface area (Å²) in [6.45, 7) is 12.4. The summed E-state index contributed by atoms with van der Waals surface area (Å²) in [6, 6.07) is 8.16. The topological polar surface area (TPSA) is 45.2 Å². The molecule has 5 heteroatoms. The maximum Gasteiger partial charge on any atom is 0.119 e. The Hall–Kier alpha value is -1.56. The summed E-state index contributed by atoms with van der Waals surface area (Å²) >= 11 is 0. The largest absolute Gasteiger partial charge is 0.497 e. The molecule has 134 valence electrons. The second-order valence-corrected chi connectivity index (χ2v) is 6.76. The fraction of sp³-hybridized carbons (Fsp3) is 0.579. The van der Waals surface area contributed by atoms with Gasteiger partial charge in [0.05, 0.1) is 25.4 Å². The van der Waals surface area contributed by atoms with E-state index < -0.39 is 11.7 Å². The summed E-state index contributed by atoms with van der Waals surface area (Å²) < 4.78 is 10.9. The first kappa shape index (κ1) is 18.8. The summed E-state index contributed by atoms with van der Waals surface area (Å²) in [5.41, 5.74) is 0.820. The average Bonchev–Trinajstić information content (AvgIpc) is 2.61. The maximum absolute atomic E-state index is 10.2. The first-order valence-electron chi connectivity index (χ1n) is 8.50. The lowest BCUT2D eigenvalue weighted by Gasteiger charge is -2.37. The van der Waals surface area contributed by atoms with Gasteiger partial charge in [0, 0.05) is 38.4 Å². The number of hydrogen-bond acceptors (Lipinski definition) is 5. The van der Waals surface area contributed by atoms with Crippen LogP contribution in [0.15, 0.2) is 36.9 Å². The van der Waals surface area contributed by atoms with Crippen LogP contribution in [0, 0.1) is 0 Å². The van der Waals surface area contributed by atoms with Crippen molar-refractivity contribution in [1.82, 2.24) is 4.90 Å². The zero-order valence-corrected chi connectivity index (χ0v) is 15.1. The zero-order valence-electron chi connectivity index (χ0n) is 15.1. The highest BCUT2D eigenvalue weighted by atomic mass is 16.5. The lowest BCUT2D eigenvalue weighted by Crippen LogP contribution is -2.49. The number of rotatable bonds is 8. The number of β-amino-alcohol motifs (C(OH)–C–C–N with tert-alkyl or cyclic N) is 1. The highest BCUT2D eigenvalue weighted by molar-refractivity contribution is 5.49.